The first-order chi connectivity index (χ1) is 9.02. The molecule has 0 bridgehead atoms. The van der Waals surface area contributed by atoms with Crippen molar-refractivity contribution in [1.82, 2.24) is 9.88 Å². The fraction of sp³-hybridized carbons (Fsp3) is 0.571. The van der Waals surface area contributed by atoms with Crippen LogP contribution in [0.25, 0.3) is 0 Å². The van der Waals surface area contributed by atoms with Crippen LogP contribution in [0, 0.1) is 17.7 Å². The minimum atomic E-state index is -0.484. The maximum atomic E-state index is 13.3. The molecule has 1 aliphatic heterocycles. The molecule has 19 heavy (non-hydrogen) atoms. The summed E-state index contributed by atoms with van der Waals surface area (Å²) < 4.78 is 13.3. The van der Waals surface area contributed by atoms with Gasteiger partial charge in [-0.3, -0.25) is 4.79 Å². The van der Waals surface area contributed by atoms with Crippen molar-refractivity contribution < 1.29 is 9.18 Å². The molecule has 1 fully saturated rings. The van der Waals surface area contributed by atoms with Crippen LogP contribution in [-0.4, -0.2) is 35.9 Å². The molecule has 0 saturated carbocycles. The molecule has 1 aromatic rings. The summed E-state index contributed by atoms with van der Waals surface area (Å²) in [7, 11) is 1.68. The standard InChI is InChI=1S/C14H20FN3O/c1-9(2)10-4-5-18(8-10)14(19)12-6-11(15)7-17-13(12)16-3/h6-7,9-10H,4-5,8H2,1-3H3,(H,16,17). The average molecular weight is 265 g/mol. The van der Waals surface area contributed by atoms with E-state index in [1.165, 1.54) is 6.07 Å². The summed E-state index contributed by atoms with van der Waals surface area (Å²) in [5, 5.41) is 2.84. The molecule has 0 aromatic carbocycles. The van der Waals surface area contributed by atoms with E-state index in [2.05, 4.69) is 24.1 Å². The van der Waals surface area contributed by atoms with Crippen LogP contribution in [0.2, 0.25) is 0 Å². The van der Waals surface area contributed by atoms with Gasteiger partial charge in [-0.25, -0.2) is 9.37 Å². The maximum Gasteiger partial charge on any atom is 0.257 e. The van der Waals surface area contributed by atoms with Gasteiger partial charge in [0, 0.05) is 20.1 Å². The van der Waals surface area contributed by atoms with Crippen molar-refractivity contribution in [2.24, 2.45) is 11.8 Å². The summed E-state index contributed by atoms with van der Waals surface area (Å²) >= 11 is 0. The molecule has 2 rings (SSSR count). The minimum Gasteiger partial charge on any atom is -0.372 e. The summed E-state index contributed by atoms with van der Waals surface area (Å²) in [4.78, 5) is 18.1. The predicted molar refractivity (Wildman–Crippen MR) is 72.6 cm³/mol. The van der Waals surface area contributed by atoms with Gasteiger partial charge in [0.1, 0.15) is 11.6 Å². The largest absolute Gasteiger partial charge is 0.372 e. The Balaban J connectivity index is 2.19. The van der Waals surface area contributed by atoms with Crippen molar-refractivity contribution in [2.75, 3.05) is 25.5 Å². The zero-order chi connectivity index (χ0) is 14.0. The van der Waals surface area contributed by atoms with Crippen LogP contribution in [0.15, 0.2) is 12.3 Å². The molecule has 1 saturated heterocycles. The lowest BCUT2D eigenvalue weighted by atomic mass is 9.95. The average Bonchev–Trinajstić information content (AvgIpc) is 2.87. The first kappa shape index (κ1) is 13.8. The predicted octanol–water partition coefficient (Wildman–Crippen LogP) is 2.38. The lowest BCUT2D eigenvalue weighted by Gasteiger charge is -2.19. The van der Waals surface area contributed by atoms with Gasteiger partial charge < -0.3 is 10.2 Å². The SMILES string of the molecule is CNc1ncc(F)cc1C(=O)N1CCC(C(C)C)C1. The number of aromatic nitrogens is 1. The van der Waals surface area contributed by atoms with Gasteiger partial charge >= 0.3 is 0 Å². The summed E-state index contributed by atoms with van der Waals surface area (Å²) in [6.45, 7) is 5.82. The van der Waals surface area contributed by atoms with E-state index in [4.69, 9.17) is 0 Å². The number of rotatable bonds is 3. The summed E-state index contributed by atoms with van der Waals surface area (Å²) in [6.07, 6.45) is 2.13. The number of hydrogen-bond acceptors (Lipinski definition) is 3. The zero-order valence-corrected chi connectivity index (χ0v) is 11.6. The Kier molecular flexibility index (Phi) is 4.02. The number of likely N-dealkylation sites (tertiary alicyclic amines) is 1. The number of hydrogen-bond donors (Lipinski definition) is 1. The molecule has 2 heterocycles. The molecule has 1 amide bonds. The van der Waals surface area contributed by atoms with Gasteiger partial charge in [-0.05, 0) is 24.3 Å². The lowest BCUT2D eigenvalue weighted by molar-refractivity contribution is 0.0784. The smallest absolute Gasteiger partial charge is 0.257 e. The molecule has 0 radical (unpaired) electrons. The number of amides is 1. The molecule has 1 unspecified atom stereocenters. The molecule has 1 aromatic heterocycles. The molecule has 4 nitrogen and oxygen atoms in total. The maximum absolute atomic E-state index is 13.3. The molecular formula is C14H20FN3O. The van der Waals surface area contributed by atoms with E-state index < -0.39 is 5.82 Å². The summed E-state index contributed by atoms with van der Waals surface area (Å²) in [6, 6.07) is 1.25. The zero-order valence-electron chi connectivity index (χ0n) is 11.6. The molecule has 1 aliphatic rings. The highest BCUT2D eigenvalue weighted by atomic mass is 19.1. The highest BCUT2D eigenvalue weighted by Crippen LogP contribution is 2.26. The first-order valence-electron chi connectivity index (χ1n) is 6.65. The minimum absolute atomic E-state index is 0.139. The monoisotopic (exact) mass is 265 g/mol. The van der Waals surface area contributed by atoms with Crippen molar-refractivity contribution in [1.29, 1.82) is 0 Å². The van der Waals surface area contributed by atoms with Crippen molar-refractivity contribution in [3.05, 3.63) is 23.6 Å². The van der Waals surface area contributed by atoms with E-state index in [1.54, 1.807) is 11.9 Å². The molecule has 1 atom stereocenters. The number of anilines is 1. The topological polar surface area (TPSA) is 45.2 Å². The molecule has 104 valence electrons. The fourth-order valence-electron chi connectivity index (χ4n) is 2.49. The second kappa shape index (κ2) is 5.55. The van der Waals surface area contributed by atoms with Gasteiger partial charge in [-0.15, -0.1) is 0 Å². The second-order valence-electron chi connectivity index (χ2n) is 5.34. The Morgan fingerprint density at radius 3 is 2.89 bits per heavy atom. The number of pyridine rings is 1. The van der Waals surface area contributed by atoms with Crippen LogP contribution in [0.4, 0.5) is 10.2 Å². The van der Waals surface area contributed by atoms with Crippen LogP contribution in [0.1, 0.15) is 30.6 Å². The van der Waals surface area contributed by atoms with Gasteiger partial charge in [0.25, 0.3) is 5.91 Å². The van der Waals surface area contributed by atoms with Crippen molar-refractivity contribution in [3.8, 4) is 0 Å². The van der Waals surface area contributed by atoms with Crippen LogP contribution < -0.4 is 5.32 Å². The number of halogens is 1. The van der Waals surface area contributed by atoms with Crippen LogP contribution >= 0.6 is 0 Å². The highest BCUT2D eigenvalue weighted by molar-refractivity contribution is 5.98. The number of carbonyl (C=O) groups is 1. The van der Waals surface area contributed by atoms with Crippen LogP contribution in [-0.2, 0) is 0 Å². The normalized spacial score (nSPS) is 19.0. The van der Waals surface area contributed by atoms with E-state index in [9.17, 15) is 9.18 Å². The van der Waals surface area contributed by atoms with Crippen LogP contribution in [0.5, 0.6) is 0 Å². The third-order valence-corrected chi connectivity index (χ3v) is 3.78. The Morgan fingerprint density at radius 1 is 1.58 bits per heavy atom. The first-order valence-corrected chi connectivity index (χ1v) is 6.65. The molecule has 5 heteroatoms. The Labute approximate surface area is 113 Å². The third-order valence-electron chi connectivity index (χ3n) is 3.78. The Bertz CT molecular complexity index is 476. The molecule has 1 N–H and O–H groups in total. The van der Waals surface area contributed by atoms with Gasteiger partial charge in [0.05, 0.1) is 11.8 Å². The van der Waals surface area contributed by atoms with E-state index in [0.29, 0.717) is 23.2 Å². The van der Waals surface area contributed by atoms with Gasteiger partial charge in [0.15, 0.2) is 0 Å². The summed E-state index contributed by atoms with van der Waals surface area (Å²) in [5.41, 5.74) is 0.312. The van der Waals surface area contributed by atoms with E-state index in [0.717, 1.165) is 25.7 Å². The van der Waals surface area contributed by atoms with Crippen LogP contribution in [0.3, 0.4) is 0 Å². The number of nitrogens with one attached hydrogen (secondary N) is 1. The molecule has 0 aliphatic carbocycles. The van der Waals surface area contributed by atoms with Crippen molar-refractivity contribution in [3.63, 3.8) is 0 Å². The number of carbonyl (C=O) groups excluding carboxylic acids is 1. The van der Waals surface area contributed by atoms with Gasteiger partial charge in [-0.2, -0.15) is 0 Å². The second-order valence-corrected chi connectivity index (χ2v) is 5.34. The van der Waals surface area contributed by atoms with Gasteiger partial charge in [-0.1, -0.05) is 13.8 Å². The molecule has 0 spiro atoms. The Hall–Kier alpha value is -1.65. The lowest BCUT2D eigenvalue weighted by Crippen LogP contribution is -2.30. The van der Waals surface area contributed by atoms with Gasteiger partial charge in [0.2, 0.25) is 0 Å². The third kappa shape index (κ3) is 2.85. The highest BCUT2D eigenvalue weighted by Gasteiger charge is 2.30. The quantitative estimate of drug-likeness (QED) is 0.912. The van der Waals surface area contributed by atoms with Crippen molar-refractivity contribution in [2.45, 2.75) is 20.3 Å². The fourth-order valence-corrected chi connectivity index (χ4v) is 2.49. The van der Waals surface area contributed by atoms with Crippen molar-refractivity contribution >= 4 is 11.7 Å². The number of nitrogens with zero attached hydrogens (tertiary/aromatic N) is 2. The Morgan fingerprint density at radius 2 is 2.32 bits per heavy atom. The molecular weight excluding hydrogens is 245 g/mol. The van der Waals surface area contributed by atoms with E-state index >= 15 is 0 Å². The van der Waals surface area contributed by atoms with E-state index in [1.807, 2.05) is 0 Å². The summed E-state index contributed by atoms with van der Waals surface area (Å²) in [5.74, 6) is 0.900. The van der Waals surface area contributed by atoms with E-state index in [-0.39, 0.29) is 5.91 Å².